The van der Waals surface area contributed by atoms with E-state index in [4.69, 9.17) is 4.74 Å². The van der Waals surface area contributed by atoms with Gasteiger partial charge < -0.3 is 4.74 Å². The molecule has 1 unspecified atom stereocenters. The monoisotopic (exact) mass is 138 g/mol. The van der Waals surface area contributed by atoms with E-state index >= 15 is 0 Å². The molecule has 0 amide bonds. The topological polar surface area (TPSA) is 26.3 Å². The Bertz CT molecular complexity index is 215. The molecule has 1 aliphatic carbocycles. The van der Waals surface area contributed by atoms with E-state index in [0.717, 1.165) is 0 Å². The molecule has 0 radical (unpaired) electrons. The van der Waals surface area contributed by atoms with Gasteiger partial charge in [0.25, 0.3) is 0 Å². The van der Waals surface area contributed by atoms with Crippen LogP contribution < -0.4 is 0 Å². The number of rotatable bonds is 0. The summed E-state index contributed by atoms with van der Waals surface area (Å²) in [7, 11) is 0. The quantitative estimate of drug-likeness (QED) is 0.465. The molecule has 0 aromatic rings. The maximum absolute atomic E-state index is 11.1. The summed E-state index contributed by atoms with van der Waals surface area (Å²) in [5.74, 6) is 0.519. The van der Waals surface area contributed by atoms with Crippen LogP contribution in [0, 0.1) is 5.92 Å². The molecule has 0 fully saturated rings. The Morgan fingerprint density at radius 1 is 1.50 bits per heavy atom. The zero-order valence-corrected chi connectivity index (χ0v) is 6.02. The largest absolute Gasteiger partial charge is 0.373 e. The molecule has 2 nitrogen and oxygen atoms in total. The molecule has 1 heterocycles. The number of ketones is 1. The number of carbonyl (C=O) groups excluding carboxylic acids is 1. The van der Waals surface area contributed by atoms with Gasteiger partial charge in [0, 0.05) is 12.3 Å². The zero-order valence-electron chi connectivity index (χ0n) is 6.02. The van der Waals surface area contributed by atoms with Crippen molar-refractivity contribution in [3.8, 4) is 0 Å². The molecule has 0 N–H and O–H groups in total. The van der Waals surface area contributed by atoms with Crippen LogP contribution in [0.5, 0.6) is 0 Å². The van der Waals surface area contributed by atoms with Crippen LogP contribution in [-0.2, 0) is 9.53 Å². The number of Topliss-reactive ketones (excluding diaryl/α,β-unsaturated/α-hetero) is 1. The molecule has 1 aliphatic heterocycles. The van der Waals surface area contributed by atoms with Crippen LogP contribution in [0.1, 0.15) is 13.3 Å². The van der Waals surface area contributed by atoms with E-state index in [1.807, 2.05) is 6.92 Å². The molecule has 0 aromatic heterocycles. The summed E-state index contributed by atoms with van der Waals surface area (Å²) < 4.78 is 5.20. The van der Waals surface area contributed by atoms with Crippen molar-refractivity contribution in [1.82, 2.24) is 0 Å². The highest BCUT2D eigenvalue weighted by Gasteiger charge is 2.32. The van der Waals surface area contributed by atoms with Crippen LogP contribution in [0.15, 0.2) is 11.1 Å². The van der Waals surface area contributed by atoms with Crippen molar-refractivity contribution < 1.29 is 9.53 Å². The van der Waals surface area contributed by atoms with Gasteiger partial charge in [-0.3, -0.25) is 4.79 Å². The Morgan fingerprint density at radius 3 is 3.00 bits per heavy atom. The highest BCUT2D eigenvalue weighted by Crippen LogP contribution is 2.32. The van der Waals surface area contributed by atoms with Crippen LogP contribution in [0.4, 0.5) is 0 Å². The Kier molecular flexibility index (Phi) is 1.17. The molecule has 54 valence electrons. The van der Waals surface area contributed by atoms with E-state index in [0.29, 0.717) is 25.4 Å². The molecule has 2 rings (SSSR count). The van der Waals surface area contributed by atoms with Gasteiger partial charge in [-0.15, -0.1) is 0 Å². The summed E-state index contributed by atoms with van der Waals surface area (Å²) in [5.41, 5.74) is 2.50. The Hall–Kier alpha value is -0.630. The molecule has 0 saturated carbocycles. The van der Waals surface area contributed by atoms with E-state index in [1.165, 1.54) is 11.1 Å². The van der Waals surface area contributed by atoms with Crippen LogP contribution in [0.25, 0.3) is 0 Å². The van der Waals surface area contributed by atoms with E-state index < -0.39 is 0 Å². The first-order valence-electron chi connectivity index (χ1n) is 3.60. The third-order valence-corrected chi connectivity index (χ3v) is 2.38. The third kappa shape index (κ3) is 0.655. The van der Waals surface area contributed by atoms with Crippen molar-refractivity contribution in [2.75, 3.05) is 13.2 Å². The number of hydrogen-bond donors (Lipinski definition) is 0. The van der Waals surface area contributed by atoms with Gasteiger partial charge in [-0.2, -0.15) is 0 Å². The van der Waals surface area contributed by atoms with Gasteiger partial charge in [0.1, 0.15) is 5.78 Å². The summed E-state index contributed by atoms with van der Waals surface area (Å²) in [5, 5.41) is 0. The van der Waals surface area contributed by atoms with Gasteiger partial charge in [0.15, 0.2) is 0 Å². The van der Waals surface area contributed by atoms with Crippen molar-refractivity contribution in [2.45, 2.75) is 13.3 Å². The highest BCUT2D eigenvalue weighted by atomic mass is 16.5. The van der Waals surface area contributed by atoms with E-state index in [2.05, 4.69) is 0 Å². The Balaban J connectivity index is 2.30. The first-order chi connectivity index (χ1) is 4.79. The number of carbonyl (C=O) groups is 1. The minimum absolute atomic E-state index is 0.150. The minimum Gasteiger partial charge on any atom is -0.373 e. The van der Waals surface area contributed by atoms with Gasteiger partial charge in [-0.25, -0.2) is 0 Å². The second-order valence-electron chi connectivity index (χ2n) is 2.99. The van der Waals surface area contributed by atoms with Crippen LogP contribution in [0.2, 0.25) is 0 Å². The summed E-state index contributed by atoms with van der Waals surface area (Å²) in [4.78, 5) is 11.1. The standard InChI is InChI=1S/C8H10O2/c1-5-7-4-10-3-6(7)2-8(5)9/h5H,2-4H2,1H3. The van der Waals surface area contributed by atoms with Crippen LogP contribution in [0.3, 0.4) is 0 Å². The van der Waals surface area contributed by atoms with Gasteiger partial charge in [-0.1, -0.05) is 6.92 Å². The first-order valence-corrected chi connectivity index (χ1v) is 3.60. The van der Waals surface area contributed by atoms with E-state index in [9.17, 15) is 4.79 Å². The van der Waals surface area contributed by atoms with E-state index in [-0.39, 0.29) is 5.92 Å². The summed E-state index contributed by atoms with van der Waals surface area (Å²) in [6.07, 6.45) is 0.649. The average Bonchev–Trinajstić information content (AvgIpc) is 2.41. The smallest absolute Gasteiger partial charge is 0.143 e. The normalized spacial score (nSPS) is 31.7. The summed E-state index contributed by atoms with van der Waals surface area (Å²) in [6.45, 7) is 3.37. The van der Waals surface area contributed by atoms with Gasteiger partial charge in [0.2, 0.25) is 0 Å². The van der Waals surface area contributed by atoms with Gasteiger partial charge in [0.05, 0.1) is 13.2 Å². The Morgan fingerprint density at radius 2 is 2.30 bits per heavy atom. The summed E-state index contributed by atoms with van der Waals surface area (Å²) in [6, 6.07) is 0. The molecule has 0 spiro atoms. The molecule has 0 saturated heterocycles. The molecule has 10 heavy (non-hydrogen) atoms. The fourth-order valence-electron chi connectivity index (χ4n) is 1.63. The SMILES string of the molecule is CC1C(=O)CC2=C1COC2. The average molecular weight is 138 g/mol. The molecular weight excluding hydrogens is 128 g/mol. The zero-order chi connectivity index (χ0) is 7.14. The second-order valence-corrected chi connectivity index (χ2v) is 2.99. The van der Waals surface area contributed by atoms with E-state index in [1.54, 1.807) is 0 Å². The second kappa shape index (κ2) is 1.92. The van der Waals surface area contributed by atoms with Gasteiger partial charge in [-0.05, 0) is 11.1 Å². The molecule has 0 aromatic carbocycles. The lowest BCUT2D eigenvalue weighted by Gasteiger charge is -2.03. The maximum Gasteiger partial charge on any atom is 0.143 e. The van der Waals surface area contributed by atoms with Crippen LogP contribution >= 0.6 is 0 Å². The lowest BCUT2D eigenvalue weighted by molar-refractivity contribution is -0.120. The predicted molar refractivity (Wildman–Crippen MR) is 36.6 cm³/mol. The minimum atomic E-state index is 0.150. The van der Waals surface area contributed by atoms with Crippen molar-refractivity contribution in [2.24, 2.45) is 5.92 Å². The number of hydrogen-bond acceptors (Lipinski definition) is 2. The summed E-state index contributed by atoms with van der Waals surface area (Å²) >= 11 is 0. The molecule has 2 aliphatic rings. The molecule has 2 heteroatoms. The maximum atomic E-state index is 11.1. The molecule has 1 atom stereocenters. The Labute approximate surface area is 59.9 Å². The third-order valence-electron chi connectivity index (χ3n) is 2.38. The van der Waals surface area contributed by atoms with Crippen LogP contribution in [-0.4, -0.2) is 19.0 Å². The fraction of sp³-hybridized carbons (Fsp3) is 0.625. The van der Waals surface area contributed by atoms with Crippen molar-refractivity contribution in [1.29, 1.82) is 0 Å². The fourth-order valence-corrected chi connectivity index (χ4v) is 1.63. The van der Waals surface area contributed by atoms with Crippen molar-refractivity contribution in [3.05, 3.63) is 11.1 Å². The lowest BCUT2D eigenvalue weighted by atomic mass is 10.0. The highest BCUT2D eigenvalue weighted by molar-refractivity contribution is 5.89. The number of ether oxygens (including phenoxy) is 1. The molecular formula is C8H10O2. The van der Waals surface area contributed by atoms with Crippen molar-refractivity contribution in [3.63, 3.8) is 0 Å². The lowest BCUT2D eigenvalue weighted by Crippen LogP contribution is -2.08. The van der Waals surface area contributed by atoms with Crippen molar-refractivity contribution >= 4 is 5.78 Å². The predicted octanol–water partition coefficient (Wildman–Crippen LogP) is 0.922. The first kappa shape index (κ1) is 6.10. The molecule has 0 bridgehead atoms. The van der Waals surface area contributed by atoms with Gasteiger partial charge >= 0.3 is 0 Å².